The number of rotatable bonds is 7. The lowest BCUT2D eigenvalue weighted by molar-refractivity contribution is 0.172. The average molecular weight is 377 g/mol. The molecule has 1 atom stereocenters. The lowest BCUT2D eigenvalue weighted by Gasteiger charge is -2.18. The number of benzene rings is 2. The summed E-state index contributed by atoms with van der Waals surface area (Å²) in [5.41, 5.74) is 2.10. The van der Waals surface area contributed by atoms with Crippen molar-refractivity contribution in [3.8, 4) is 11.5 Å². The van der Waals surface area contributed by atoms with Crippen molar-refractivity contribution in [1.82, 2.24) is 10.2 Å². The van der Waals surface area contributed by atoms with Gasteiger partial charge in [-0.3, -0.25) is 0 Å². The lowest BCUT2D eigenvalue weighted by atomic mass is 10.0. The van der Waals surface area contributed by atoms with Gasteiger partial charge in [-0.2, -0.15) is 0 Å². The number of carbonyl (C=O) groups excluding carboxylic acids is 1. The minimum absolute atomic E-state index is 0.141. The van der Waals surface area contributed by atoms with Crippen molar-refractivity contribution in [2.75, 3.05) is 27.7 Å². The summed E-state index contributed by atoms with van der Waals surface area (Å²) in [7, 11) is 5.21. The van der Waals surface area contributed by atoms with Gasteiger partial charge in [0.2, 0.25) is 0 Å². The van der Waals surface area contributed by atoms with Gasteiger partial charge in [-0.15, -0.1) is 0 Å². The van der Waals surface area contributed by atoms with Crippen molar-refractivity contribution < 1.29 is 14.3 Å². The molecule has 0 heterocycles. The van der Waals surface area contributed by atoms with Crippen LogP contribution >= 0.6 is 11.6 Å². The summed E-state index contributed by atoms with van der Waals surface area (Å²) in [5.74, 6) is 1.34. The van der Waals surface area contributed by atoms with E-state index in [2.05, 4.69) is 5.32 Å². The van der Waals surface area contributed by atoms with Crippen LogP contribution in [0.3, 0.4) is 0 Å². The third-order valence-corrected chi connectivity index (χ3v) is 4.43. The highest BCUT2D eigenvalue weighted by atomic mass is 35.5. The zero-order chi connectivity index (χ0) is 19.1. The van der Waals surface area contributed by atoms with Crippen molar-refractivity contribution in [2.24, 2.45) is 0 Å². The molecule has 1 amide bonds. The first-order chi connectivity index (χ1) is 12.4. The Morgan fingerprint density at radius 2 is 1.81 bits per heavy atom. The number of nitrogens with one attached hydrogen (secondary N) is 1. The molecule has 6 heteroatoms. The molecule has 26 heavy (non-hydrogen) atoms. The summed E-state index contributed by atoms with van der Waals surface area (Å²) in [6.45, 7) is 2.53. The molecule has 0 aliphatic carbocycles. The number of halogens is 1. The molecule has 2 aromatic carbocycles. The first-order valence-corrected chi connectivity index (χ1v) is 8.84. The number of carbonyl (C=O) groups is 1. The van der Waals surface area contributed by atoms with Crippen LogP contribution in [0.1, 0.15) is 23.6 Å². The largest absolute Gasteiger partial charge is 0.494 e. The van der Waals surface area contributed by atoms with Gasteiger partial charge in [0, 0.05) is 31.6 Å². The van der Waals surface area contributed by atoms with E-state index in [9.17, 15) is 4.79 Å². The molecule has 5 nitrogen and oxygen atoms in total. The van der Waals surface area contributed by atoms with E-state index in [-0.39, 0.29) is 6.04 Å². The molecule has 0 spiro atoms. The predicted octanol–water partition coefficient (Wildman–Crippen LogP) is 4.44. The number of amides is 1. The molecule has 0 aliphatic heterocycles. The predicted molar refractivity (Wildman–Crippen MR) is 104 cm³/mol. The average Bonchev–Trinajstić information content (AvgIpc) is 2.62. The van der Waals surface area contributed by atoms with Crippen LogP contribution in [0.2, 0.25) is 5.02 Å². The van der Waals surface area contributed by atoms with Gasteiger partial charge in [-0.05, 0) is 55.4 Å². The molecule has 1 N–H and O–H groups in total. The van der Waals surface area contributed by atoms with Crippen LogP contribution < -0.4 is 14.8 Å². The maximum atomic E-state index is 11.6. The molecule has 2 rings (SSSR count). The van der Waals surface area contributed by atoms with E-state index in [1.807, 2.05) is 44.3 Å². The van der Waals surface area contributed by atoms with Gasteiger partial charge in [-0.25, -0.2) is 4.79 Å². The normalized spacial score (nSPS) is 11.7. The Bertz CT molecular complexity index is 732. The van der Waals surface area contributed by atoms with Crippen LogP contribution in [0.15, 0.2) is 42.5 Å². The second kappa shape index (κ2) is 9.46. The zero-order valence-electron chi connectivity index (χ0n) is 15.6. The minimum atomic E-state index is -0.394. The summed E-state index contributed by atoms with van der Waals surface area (Å²) >= 11 is 6.03. The Morgan fingerprint density at radius 1 is 1.15 bits per heavy atom. The Hall–Kier alpha value is -2.24. The molecule has 0 fully saturated rings. The van der Waals surface area contributed by atoms with E-state index in [0.29, 0.717) is 12.4 Å². The summed E-state index contributed by atoms with van der Waals surface area (Å²) in [5, 5.41) is 4.02. The molecule has 2 aromatic rings. The maximum Gasteiger partial charge on any atom is 0.414 e. The Kier molecular flexibility index (Phi) is 7.30. The summed E-state index contributed by atoms with van der Waals surface area (Å²) in [4.78, 5) is 13.0. The number of ether oxygens (including phenoxy) is 2. The maximum absolute atomic E-state index is 11.6. The van der Waals surface area contributed by atoms with Gasteiger partial charge in [0.05, 0.1) is 6.61 Å². The number of aryl methyl sites for hydroxylation is 1. The molecule has 0 saturated carbocycles. The molecule has 0 radical (unpaired) electrons. The molecule has 140 valence electrons. The summed E-state index contributed by atoms with van der Waals surface area (Å²) in [6, 6.07) is 13.3. The van der Waals surface area contributed by atoms with Crippen LogP contribution in [-0.2, 0) is 0 Å². The number of hydrogen-bond donors (Lipinski definition) is 1. The first-order valence-electron chi connectivity index (χ1n) is 8.46. The smallest absolute Gasteiger partial charge is 0.414 e. The standard InChI is InChI=1S/C20H25ClN2O3/c1-14-13-17(9-10-18(14)21)25-12-11-19(22-2)15-5-7-16(8-6-15)26-20(24)23(3)4/h5-10,13,19,22H,11-12H2,1-4H3. The molecule has 0 aromatic heterocycles. The highest BCUT2D eigenvalue weighted by Gasteiger charge is 2.11. The van der Waals surface area contributed by atoms with Crippen LogP contribution in [0.4, 0.5) is 4.79 Å². The van der Waals surface area contributed by atoms with Crippen molar-refractivity contribution in [3.63, 3.8) is 0 Å². The van der Waals surface area contributed by atoms with Gasteiger partial charge in [0.1, 0.15) is 11.5 Å². The highest BCUT2D eigenvalue weighted by Crippen LogP contribution is 2.23. The molecule has 1 unspecified atom stereocenters. The van der Waals surface area contributed by atoms with Gasteiger partial charge in [0.15, 0.2) is 0 Å². The van der Waals surface area contributed by atoms with Gasteiger partial charge in [-0.1, -0.05) is 23.7 Å². The Morgan fingerprint density at radius 3 is 2.38 bits per heavy atom. The fraction of sp³-hybridized carbons (Fsp3) is 0.350. The molecular weight excluding hydrogens is 352 g/mol. The lowest BCUT2D eigenvalue weighted by Crippen LogP contribution is -2.25. The van der Waals surface area contributed by atoms with E-state index >= 15 is 0 Å². The topological polar surface area (TPSA) is 50.8 Å². The summed E-state index contributed by atoms with van der Waals surface area (Å²) in [6.07, 6.45) is 0.407. The SMILES string of the molecule is CNC(CCOc1ccc(Cl)c(C)c1)c1ccc(OC(=O)N(C)C)cc1. The fourth-order valence-corrected chi connectivity index (χ4v) is 2.56. The number of nitrogens with zero attached hydrogens (tertiary/aromatic N) is 1. The fourth-order valence-electron chi connectivity index (χ4n) is 2.44. The van der Waals surface area contributed by atoms with E-state index in [1.54, 1.807) is 26.2 Å². The number of hydrogen-bond acceptors (Lipinski definition) is 4. The van der Waals surface area contributed by atoms with Crippen molar-refractivity contribution in [2.45, 2.75) is 19.4 Å². The molecule has 0 saturated heterocycles. The quantitative estimate of drug-likeness (QED) is 0.776. The van der Waals surface area contributed by atoms with E-state index in [0.717, 1.165) is 28.3 Å². The van der Waals surface area contributed by atoms with Crippen molar-refractivity contribution in [1.29, 1.82) is 0 Å². The van der Waals surface area contributed by atoms with Gasteiger partial charge in [0.25, 0.3) is 0 Å². The monoisotopic (exact) mass is 376 g/mol. The third-order valence-electron chi connectivity index (χ3n) is 4.01. The van der Waals surface area contributed by atoms with E-state index in [4.69, 9.17) is 21.1 Å². The zero-order valence-corrected chi connectivity index (χ0v) is 16.3. The van der Waals surface area contributed by atoms with Gasteiger partial charge >= 0.3 is 6.09 Å². The Labute approximate surface area is 159 Å². The highest BCUT2D eigenvalue weighted by molar-refractivity contribution is 6.31. The van der Waals surface area contributed by atoms with Gasteiger partial charge < -0.3 is 19.7 Å². The van der Waals surface area contributed by atoms with E-state index in [1.165, 1.54) is 4.90 Å². The summed E-state index contributed by atoms with van der Waals surface area (Å²) < 4.78 is 11.1. The second-order valence-electron chi connectivity index (χ2n) is 6.22. The molecular formula is C20H25ClN2O3. The van der Waals surface area contributed by atoms with Crippen molar-refractivity contribution in [3.05, 3.63) is 58.6 Å². The third kappa shape index (κ3) is 5.64. The molecule has 0 aliphatic rings. The van der Waals surface area contributed by atoms with Crippen LogP contribution in [0.5, 0.6) is 11.5 Å². The Balaban J connectivity index is 1.91. The van der Waals surface area contributed by atoms with Crippen LogP contribution in [0.25, 0.3) is 0 Å². The minimum Gasteiger partial charge on any atom is -0.494 e. The van der Waals surface area contributed by atoms with Crippen LogP contribution in [0, 0.1) is 6.92 Å². The molecule has 0 bridgehead atoms. The van der Waals surface area contributed by atoms with Crippen LogP contribution in [-0.4, -0.2) is 38.7 Å². The van der Waals surface area contributed by atoms with Crippen molar-refractivity contribution >= 4 is 17.7 Å². The van der Waals surface area contributed by atoms with E-state index < -0.39 is 6.09 Å². The second-order valence-corrected chi connectivity index (χ2v) is 6.63. The first kappa shape index (κ1) is 20.1.